The summed E-state index contributed by atoms with van der Waals surface area (Å²) in [7, 11) is 0. The van der Waals surface area contributed by atoms with Gasteiger partial charge in [-0.1, -0.05) is 18.2 Å². The summed E-state index contributed by atoms with van der Waals surface area (Å²) >= 11 is 2.46. The number of hydrogen-bond acceptors (Lipinski definition) is 5. The van der Waals surface area contributed by atoms with Crippen LogP contribution in [0.15, 0.2) is 52.2 Å². The van der Waals surface area contributed by atoms with Crippen LogP contribution in [0.1, 0.15) is 23.1 Å². The van der Waals surface area contributed by atoms with Gasteiger partial charge in [-0.3, -0.25) is 4.99 Å². The minimum Gasteiger partial charge on any atom is -0.479 e. The molecule has 4 nitrogen and oxygen atoms in total. The summed E-state index contributed by atoms with van der Waals surface area (Å²) in [6.45, 7) is 3.01. The van der Waals surface area contributed by atoms with E-state index >= 15 is 0 Å². The quantitative estimate of drug-likeness (QED) is 0.901. The van der Waals surface area contributed by atoms with Crippen LogP contribution in [-0.4, -0.2) is 28.4 Å². The Balaban J connectivity index is 0.000000211. The molecule has 0 radical (unpaired) electrons. The van der Waals surface area contributed by atoms with Crippen molar-refractivity contribution in [2.24, 2.45) is 4.99 Å². The summed E-state index contributed by atoms with van der Waals surface area (Å²) in [5.74, 6) is -1.24. The van der Waals surface area contributed by atoms with Gasteiger partial charge in [-0.05, 0) is 42.3 Å². The van der Waals surface area contributed by atoms with Gasteiger partial charge in [-0.25, -0.2) is 4.79 Å². The molecule has 0 saturated carbocycles. The van der Waals surface area contributed by atoms with E-state index in [0.717, 1.165) is 18.7 Å². The summed E-state index contributed by atoms with van der Waals surface area (Å²) in [5.41, 5.74) is -0.742. The summed E-state index contributed by atoms with van der Waals surface area (Å²) in [5, 5.41) is 22.9. The van der Waals surface area contributed by atoms with Crippen molar-refractivity contribution in [3.63, 3.8) is 0 Å². The number of allylic oxidation sites excluding steroid dienone is 1. The summed E-state index contributed by atoms with van der Waals surface area (Å²) in [4.78, 5) is 16.2. The largest absolute Gasteiger partial charge is 0.479 e. The van der Waals surface area contributed by atoms with E-state index < -0.39 is 11.6 Å². The Morgan fingerprint density at radius 2 is 1.82 bits per heavy atom. The Bertz CT molecular complexity index is 623. The minimum atomic E-state index is -1.90. The highest BCUT2D eigenvalue weighted by molar-refractivity contribution is 7.12. The molecule has 0 spiro atoms. The monoisotopic (exact) mass is 335 g/mol. The molecule has 3 heterocycles. The first kappa shape index (κ1) is 16.6. The first-order valence-electron chi connectivity index (χ1n) is 6.76. The van der Waals surface area contributed by atoms with Crippen LogP contribution in [0, 0.1) is 0 Å². The molecule has 0 fully saturated rings. The fraction of sp³-hybridized carbons (Fsp3) is 0.250. The molecule has 1 aliphatic rings. The lowest BCUT2D eigenvalue weighted by Crippen LogP contribution is -2.34. The van der Waals surface area contributed by atoms with Crippen LogP contribution in [0.3, 0.4) is 0 Å². The average Bonchev–Trinajstić information content (AvgIpc) is 3.21. The van der Waals surface area contributed by atoms with Crippen LogP contribution >= 0.6 is 22.7 Å². The lowest BCUT2D eigenvalue weighted by molar-refractivity contribution is -0.154. The van der Waals surface area contributed by atoms with E-state index in [9.17, 15) is 9.90 Å². The predicted octanol–water partition coefficient (Wildman–Crippen LogP) is 3.54. The minimum absolute atomic E-state index is 0.428. The second-order valence-electron chi connectivity index (χ2n) is 4.68. The molecule has 22 heavy (non-hydrogen) atoms. The Hall–Kier alpha value is -1.76. The second kappa shape index (κ2) is 7.49. The number of dihydropyridines is 1. The second-order valence-corrected chi connectivity index (χ2v) is 6.58. The zero-order chi connectivity index (χ0) is 16.0. The van der Waals surface area contributed by atoms with Gasteiger partial charge in [0.15, 0.2) is 0 Å². The number of aliphatic imine (C=N–C) groups is 1. The van der Waals surface area contributed by atoms with Crippen molar-refractivity contribution in [1.82, 2.24) is 0 Å². The van der Waals surface area contributed by atoms with Crippen LogP contribution in [0.5, 0.6) is 0 Å². The van der Waals surface area contributed by atoms with E-state index in [2.05, 4.69) is 17.1 Å². The number of hydrogen-bond donors (Lipinski definition) is 2. The van der Waals surface area contributed by atoms with Gasteiger partial charge >= 0.3 is 5.97 Å². The standard InChI is InChI=1S/C10H8O3S2.C6H9N/c11-9(12)10(13,7-3-1-5-14-7)8-4-2-6-15-8;1-6-4-2-3-5-7-6/h1-6,13H,(H,11,12);2,4H,3,5H2,1H3. The Labute approximate surface area is 137 Å². The molecule has 2 N–H and O–H groups in total. The molecule has 1 aliphatic heterocycles. The van der Waals surface area contributed by atoms with Crippen molar-refractivity contribution in [1.29, 1.82) is 0 Å². The SMILES string of the molecule is CC1=NCCC=C1.O=C(O)C(O)(c1cccs1)c1cccs1. The number of aliphatic hydroxyl groups is 1. The lowest BCUT2D eigenvalue weighted by atomic mass is 10.0. The van der Waals surface area contributed by atoms with Gasteiger partial charge in [0, 0.05) is 12.3 Å². The van der Waals surface area contributed by atoms with Crippen LogP contribution < -0.4 is 0 Å². The molecule has 0 saturated heterocycles. The molecule has 116 valence electrons. The highest BCUT2D eigenvalue weighted by Crippen LogP contribution is 2.35. The van der Waals surface area contributed by atoms with Gasteiger partial charge in [0.25, 0.3) is 0 Å². The number of aliphatic carboxylic acids is 1. The lowest BCUT2D eigenvalue weighted by Gasteiger charge is -2.20. The normalized spacial score (nSPS) is 14.0. The molecular weight excluding hydrogens is 318 g/mol. The number of nitrogens with zero attached hydrogens (tertiary/aromatic N) is 1. The predicted molar refractivity (Wildman–Crippen MR) is 91.0 cm³/mol. The maximum Gasteiger partial charge on any atom is 0.346 e. The fourth-order valence-electron chi connectivity index (χ4n) is 1.92. The molecule has 0 aromatic carbocycles. The van der Waals surface area contributed by atoms with Gasteiger partial charge in [-0.2, -0.15) is 0 Å². The molecule has 0 bridgehead atoms. The van der Waals surface area contributed by atoms with E-state index in [1.165, 1.54) is 22.7 Å². The number of carboxylic acid groups (broad SMARTS) is 1. The van der Waals surface area contributed by atoms with Gasteiger partial charge in [-0.15, -0.1) is 22.7 Å². The summed E-state index contributed by atoms with van der Waals surface area (Å²) in [6.07, 6.45) is 5.34. The summed E-state index contributed by atoms with van der Waals surface area (Å²) < 4.78 is 0. The topological polar surface area (TPSA) is 69.9 Å². The number of carboxylic acids is 1. The molecule has 0 aliphatic carbocycles. The molecule has 0 amide bonds. The number of thiophene rings is 2. The van der Waals surface area contributed by atoms with Gasteiger partial charge < -0.3 is 10.2 Å². The third kappa shape index (κ3) is 3.71. The van der Waals surface area contributed by atoms with E-state index in [-0.39, 0.29) is 0 Å². The summed E-state index contributed by atoms with van der Waals surface area (Å²) in [6, 6.07) is 6.69. The zero-order valence-corrected chi connectivity index (χ0v) is 13.7. The molecule has 0 unspecified atom stereocenters. The van der Waals surface area contributed by atoms with Crippen molar-refractivity contribution in [2.45, 2.75) is 18.9 Å². The molecule has 3 rings (SSSR count). The van der Waals surface area contributed by atoms with Crippen molar-refractivity contribution in [2.75, 3.05) is 6.54 Å². The van der Waals surface area contributed by atoms with Crippen molar-refractivity contribution in [3.8, 4) is 0 Å². The Morgan fingerprint density at radius 1 is 1.23 bits per heavy atom. The van der Waals surface area contributed by atoms with Gasteiger partial charge in [0.05, 0.1) is 9.75 Å². The molecule has 0 atom stereocenters. The maximum atomic E-state index is 11.2. The molecule has 6 heteroatoms. The van der Waals surface area contributed by atoms with Crippen LogP contribution in [0.2, 0.25) is 0 Å². The molecule has 2 aromatic heterocycles. The van der Waals surface area contributed by atoms with Crippen LogP contribution in [0.4, 0.5) is 0 Å². The maximum absolute atomic E-state index is 11.2. The van der Waals surface area contributed by atoms with Crippen LogP contribution in [0.25, 0.3) is 0 Å². The highest BCUT2D eigenvalue weighted by atomic mass is 32.1. The smallest absolute Gasteiger partial charge is 0.346 e. The van der Waals surface area contributed by atoms with Crippen molar-refractivity contribution in [3.05, 3.63) is 56.9 Å². The Morgan fingerprint density at radius 3 is 2.09 bits per heavy atom. The highest BCUT2D eigenvalue weighted by Gasteiger charge is 2.42. The number of rotatable bonds is 3. The average molecular weight is 335 g/mol. The van der Waals surface area contributed by atoms with E-state index in [4.69, 9.17) is 5.11 Å². The third-order valence-corrected chi connectivity index (χ3v) is 5.04. The van der Waals surface area contributed by atoms with Crippen molar-refractivity contribution >= 4 is 34.4 Å². The first-order valence-corrected chi connectivity index (χ1v) is 8.52. The van der Waals surface area contributed by atoms with Crippen molar-refractivity contribution < 1.29 is 15.0 Å². The molecular formula is C16H17NO3S2. The third-order valence-electron chi connectivity index (χ3n) is 3.08. The molecule has 2 aromatic rings. The first-order chi connectivity index (χ1) is 10.5. The van der Waals surface area contributed by atoms with E-state index in [1.807, 2.05) is 6.92 Å². The fourth-order valence-corrected chi connectivity index (χ4v) is 3.65. The van der Waals surface area contributed by atoms with E-state index in [1.54, 1.807) is 35.0 Å². The number of carbonyl (C=O) groups is 1. The van der Waals surface area contributed by atoms with Gasteiger partial charge in [0.1, 0.15) is 0 Å². The van der Waals surface area contributed by atoms with Gasteiger partial charge in [0.2, 0.25) is 5.60 Å². The van der Waals surface area contributed by atoms with Crippen LogP contribution in [-0.2, 0) is 10.4 Å². The Kier molecular flexibility index (Phi) is 5.65. The van der Waals surface area contributed by atoms with E-state index in [0.29, 0.717) is 9.75 Å². The zero-order valence-electron chi connectivity index (χ0n) is 12.1.